The molecule has 1 saturated heterocycles. The second-order valence-electron chi connectivity index (χ2n) is 5.28. The Kier molecular flexibility index (Phi) is 3.48. The number of rotatable bonds is 2. The molecule has 0 saturated carbocycles. The van der Waals surface area contributed by atoms with E-state index < -0.39 is 17.6 Å². The summed E-state index contributed by atoms with van der Waals surface area (Å²) in [6.07, 6.45) is -0.603. The van der Waals surface area contributed by atoms with Gasteiger partial charge in [-0.15, -0.1) is 0 Å². The van der Waals surface area contributed by atoms with Crippen molar-refractivity contribution in [3.05, 3.63) is 18.1 Å². The van der Waals surface area contributed by atoms with Gasteiger partial charge in [-0.3, -0.25) is 0 Å². The van der Waals surface area contributed by atoms with Crippen LogP contribution in [0.15, 0.2) is 12.5 Å². The number of aromatic hydroxyl groups is 1. The van der Waals surface area contributed by atoms with E-state index in [1.165, 1.54) is 4.57 Å². The molecule has 0 aromatic carbocycles. The Morgan fingerprint density at radius 1 is 1.29 bits per heavy atom. The number of fused-ring (bicyclic) bond motifs is 1. The fraction of sp³-hybridized carbons (Fsp3) is 0.538. The minimum atomic E-state index is -4.54. The second kappa shape index (κ2) is 5.18. The number of piperidine rings is 1. The average molecular weight is 300 g/mol. The average Bonchev–Trinajstić information content (AvgIpc) is 2.80. The molecule has 0 radical (unpaired) electrons. The first-order chi connectivity index (χ1) is 9.97. The predicted molar refractivity (Wildman–Crippen MR) is 69.8 cm³/mol. The lowest BCUT2D eigenvalue weighted by Crippen LogP contribution is -2.29. The number of hydrogen-bond acceptors (Lipinski definition) is 4. The highest BCUT2D eigenvalue weighted by atomic mass is 19.4. The summed E-state index contributed by atoms with van der Waals surface area (Å²) in [7, 11) is 0. The van der Waals surface area contributed by atoms with Gasteiger partial charge >= 0.3 is 6.18 Å². The van der Waals surface area contributed by atoms with Crippen LogP contribution in [-0.2, 0) is 12.7 Å². The highest BCUT2D eigenvalue weighted by molar-refractivity contribution is 5.85. The monoisotopic (exact) mass is 300 g/mol. The quantitative estimate of drug-likeness (QED) is 0.892. The van der Waals surface area contributed by atoms with Crippen LogP contribution in [-0.4, -0.2) is 32.7 Å². The fourth-order valence-corrected chi connectivity index (χ4v) is 2.80. The summed E-state index contributed by atoms with van der Waals surface area (Å²) in [4.78, 5) is 7.38. The fourth-order valence-electron chi connectivity index (χ4n) is 2.80. The minimum Gasteiger partial charge on any atom is -0.493 e. The molecular formula is C13H15F3N4O. The summed E-state index contributed by atoms with van der Waals surface area (Å²) in [6.45, 7) is 2.21. The van der Waals surface area contributed by atoms with Crippen molar-refractivity contribution in [2.75, 3.05) is 13.1 Å². The summed E-state index contributed by atoms with van der Waals surface area (Å²) in [5.41, 5.74) is -0.752. The van der Waals surface area contributed by atoms with Gasteiger partial charge in [0, 0.05) is 12.7 Å². The zero-order valence-corrected chi connectivity index (χ0v) is 11.2. The smallest absolute Gasteiger partial charge is 0.418 e. The van der Waals surface area contributed by atoms with E-state index in [-0.39, 0.29) is 11.0 Å². The van der Waals surface area contributed by atoms with Crippen LogP contribution >= 0.6 is 0 Å². The molecule has 5 nitrogen and oxygen atoms in total. The molecule has 1 fully saturated rings. The first-order valence-electron chi connectivity index (χ1n) is 6.77. The van der Waals surface area contributed by atoms with Crippen molar-refractivity contribution in [1.82, 2.24) is 19.9 Å². The molecule has 3 heterocycles. The predicted octanol–water partition coefficient (Wildman–Crippen LogP) is 2.16. The maximum absolute atomic E-state index is 13.1. The van der Waals surface area contributed by atoms with Crippen molar-refractivity contribution in [2.24, 2.45) is 5.92 Å². The third kappa shape index (κ3) is 2.67. The van der Waals surface area contributed by atoms with Crippen molar-refractivity contribution in [3.8, 4) is 5.88 Å². The number of aromatic nitrogens is 3. The van der Waals surface area contributed by atoms with Crippen LogP contribution in [0.1, 0.15) is 18.4 Å². The minimum absolute atomic E-state index is 0.133. The van der Waals surface area contributed by atoms with Gasteiger partial charge in [0.1, 0.15) is 12.0 Å². The van der Waals surface area contributed by atoms with Gasteiger partial charge in [-0.25, -0.2) is 9.97 Å². The molecule has 0 spiro atoms. The van der Waals surface area contributed by atoms with Gasteiger partial charge in [0.25, 0.3) is 0 Å². The van der Waals surface area contributed by atoms with Crippen LogP contribution in [0.25, 0.3) is 11.0 Å². The van der Waals surface area contributed by atoms with E-state index in [1.54, 1.807) is 0 Å². The lowest BCUT2D eigenvalue weighted by atomic mass is 9.98. The molecule has 2 aromatic rings. The van der Waals surface area contributed by atoms with Crippen LogP contribution in [0.3, 0.4) is 0 Å². The molecule has 1 aliphatic heterocycles. The lowest BCUT2D eigenvalue weighted by Gasteiger charge is -2.23. The van der Waals surface area contributed by atoms with Gasteiger partial charge in [-0.1, -0.05) is 0 Å². The highest BCUT2D eigenvalue weighted by Gasteiger charge is 2.36. The van der Waals surface area contributed by atoms with Crippen molar-refractivity contribution >= 4 is 11.0 Å². The summed E-state index contributed by atoms with van der Waals surface area (Å²) in [5.74, 6) is -0.323. The highest BCUT2D eigenvalue weighted by Crippen LogP contribution is 2.38. The Morgan fingerprint density at radius 3 is 2.67 bits per heavy atom. The molecule has 114 valence electrons. The molecule has 8 heteroatoms. The van der Waals surface area contributed by atoms with E-state index >= 15 is 0 Å². The van der Waals surface area contributed by atoms with Crippen LogP contribution in [0.4, 0.5) is 13.2 Å². The molecule has 0 unspecified atom stereocenters. The first kappa shape index (κ1) is 14.1. The molecule has 0 amide bonds. The van der Waals surface area contributed by atoms with Crippen molar-refractivity contribution in [3.63, 3.8) is 0 Å². The van der Waals surface area contributed by atoms with Gasteiger partial charge in [0.05, 0.1) is 10.9 Å². The van der Waals surface area contributed by atoms with Crippen molar-refractivity contribution < 1.29 is 18.3 Å². The van der Waals surface area contributed by atoms with Crippen LogP contribution in [0, 0.1) is 5.92 Å². The Bertz CT molecular complexity index is 647. The summed E-state index contributed by atoms with van der Waals surface area (Å²) in [5, 5.41) is 12.6. The Balaban J connectivity index is 2.04. The van der Waals surface area contributed by atoms with E-state index in [0.717, 1.165) is 38.5 Å². The molecule has 2 aromatic heterocycles. The molecule has 1 aliphatic rings. The third-order valence-corrected chi connectivity index (χ3v) is 3.85. The maximum atomic E-state index is 13.1. The number of nitrogens with zero attached hydrogens (tertiary/aromatic N) is 3. The Hall–Kier alpha value is -1.83. The van der Waals surface area contributed by atoms with Crippen molar-refractivity contribution in [1.29, 1.82) is 0 Å². The van der Waals surface area contributed by atoms with Crippen LogP contribution in [0.5, 0.6) is 5.88 Å². The zero-order chi connectivity index (χ0) is 15.0. The summed E-state index contributed by atoms with van der Waals surface area (Å²) in [6, 6.07) is 0. The Labute approximate surface area is 118 Å². The normalized spacial score (nSPS) is 17.5. The van der Waals surface area contributed by atoms with E-state index in [0.29, 0.717) is 12.5 Å². The molecule has 21 heavy (non-hydrogen) atoms. The third-order valence-electron chi connectivity index (χ3n) is 3.85. The van der Waals surface area contributed by atoms with Gasteiger partial charge < -0.3 is 15.0 Å². The topological polar surface area (TPSA) is 63.0 Å². The second-order valence-corrected chi connectivity index (χ2v) is 5.28. The molecule has 0 bridgehead atoms. The SMILES string of the molecule is Oc1ncnc2c1c(C(F)(F)F)cn2CC1CCNCC1. The molecule has 3 rings (SSSR count). The van der Waals surface area contributed by atoms with Crippen LogP contribution < -0.4 is 5.32 Å². The molecule has 0 aliphatic carbocycles. The summed E-state index contributed by atoms with van der Waals surface area (Å²) < 4.78 is 40.8. The van der Waals surface area contributed by atoms with Gasteiger partial charge in [0.15, 0.2) is 0 Å². The maximum Gasteiger partial charge on any atom is 0.418 e. The Morgan fingerprint density at radius 2 is 2.00 bits per heavy atom. The molecule has 2 N–H and O–H groups in total. The standard InChI is InChI=1S/C13H15F3N4O/c14-13(15,16)9-6-20(5-8-1-3-17-4-2-8)11-10(9)12(21)19-7-18-11/h6-8,17H,1-5H2,(H,18,19,21). The lowest BCUT2D eigenvalue weighted by molar-refractivity contribution is -0.136. The number of halogens is 3. The number of hydrogen-bond donors (Lipinski definition) is 2. The van der Waals surface area contributed by atoms with E-state index in [9.17, 15) is 18.3 Å². The van der Waals surface area contributed by atoms with Gasteiger partial charge in [-0.05, 0) is 31.8 Å². The largest absolute Gasteiger partial charge is 0.493 e. The number of nitrogens with one attached hydrogen (secondary N) is 1. The van der Waals surface area contributed by atoms with Gasteiger partial charge in [0.2, 0.25) is 5.88 Å². The van der Waals surface area contributed by atoms with E-state index in [4.69, 9.17) is 0 Å². The van der Waals surface area contributed by atoms with Crippen molar-refractivity contribution in [2.45, 2.75) is 25.6 Å². The molecular weight excluding hydrogens is 285 g/mol. The van der Waals surface area contributed by atoms with Gasteiger partial charge in [-0.2, -0.15) is 13.2 Å². The van der Waals surface area contributed by atoms with Crippen LogP contribution in [0.2, 0.25) is 0 Å². The summed E-state index contributed by atoms with van der Waals surface area (Å²) >= 11 is 0. The first-order valence-corrected chi connectivity index (χ1v) is 6.77. The van der Waals surface area contributed by atoms with E-state index in [1.807, 2.05) is 0 Å². The molecule has 0 atom stereocenters. The van der Waals surface area contributed by atoms with E-state index in [2.05, 4.69) is 15.3 Å². The zero-order valence-electron chi connectivity index (χ0n) is 11.2. The number of alkyl halides is 3.